The second kappa shape index (κ2) is 6.53. The van der Waals surface area contributed by atoms with Gasteiger partial charge in [-0.2, -0.15) is 0 Å². The van der Waals surface area contributed by atoms with Crippen LogP contribution in [0.3, 0.4) is 0 Å². The van der Waals surface area contributed by atoms with E-state index in [1.807, 2.05) is 6.20 Å². The van der Waals surface area contributed by atoms with Crippen LogP contribution in [0.25, 0.3) is 10.8 Å². The first-order valence-electron chi connectivity index (χ1n) is 8.16. The average molecular weight is 299 g/mol. The van der Waals surface area contributed by atoms with Gasteiger partial charge in [0.05, 0.1) is 0 Å². The molecular weight excluding hydrogens is 274 g/mol. The Balaban J connectivity index is 1.92. The fourth-order valence-electron chi connectivity index (χ4n) is 3.07. The number of aryl methyl sites for hydroxylation is 1. The summed E-state index contributed by atoms with van der Waals surface area (Å²) < 4.78 is 6.02. The van der Waals surface area contributed by atoms with Gasteiger partial charge in [-0.15, -0.1) is 0 Å². The molecule has 4 heteroatoms. The summed E-state index contributed by atoms with van der Waals surface area (Å²) in [6.45, 7) is 8.19. The zero-order chi connectivity index (χ0) is 15.5. The van der Waals surface area contributed by atoms with E-state index in [0.717, 1.165) is 23.5 Å². The Labute approximate surface area is 132 Å². The third kappa shape index (κ3) is 3.17. The molecule has 0 saturated carbocycles. The quantitative estimate of drug-likeness (QED) is 0.887. The first kappa shape index (κ1) is 15.1. The molecule has 1 aromatic carbocycles. The Morgan fingerprint density at radius 3 is 3.00 bits per heavy atom. The van der Waals surface area contributed by atoms with E-state index in [0.29, 0.717) is 18.7 Å². The molecule has 0 radical (unpaired) electrons. The number of pyridine rings is 1. The number of nitrogens with zero attached hydrogens (tertiary/aromatic N) is 1. The topological polar surface area (TPSA) is 46.2 Å². The Morgan fingerprint density at radius 1 is 1.41 bits per heavy atom. The summed E-state index contributed by atoms with van der Waals surface area (Å²) in [5, 5.41) is 9.27. The van der Waals surface area contributed by atoms with Crippen molar-refractivity contribution in [3.63, 3.8) is 0 Å². The van der Waals surface area contributed by atoms with Crippen molar-refractivity contribution >= 4 is 16.5 Å². The minimum atomic E-state index is 0.394. The maximum absolute atomic E-state index is 6.02. The molecule has 1 unspecified atom stereocenters. The standard InChI is InChI=1S/C18H25N3O/c1-12(2)21-16-8-4-7-15-17(16)13(3)10-20-18(15)22-11-14-6-5-9-19-14/h4,7-8,10,12,14,19,21H,5-6,9,11H2,1-3H3. The molecule has 1 aliphatic heterocycles. The highest BCUT2D eigenvalue weighted by atomic mass is 16.5. The number of anilines is 1. The molecule has 0 aliphatic carbocycles. The number of benzene rings is 1. The second-order valence-electron chi connectivity index (χ2n) is 6.38. The second-order valence-corrected chi connectivity index (χ2v) is 6.38. The molecule has 22 heavy (non-hydrogen) atoms. The van der Waals surface area contributed by atoms with Gasteiger partial charge in [0.15, 0.2) is 0 Å². The van der Waals surface area contributed by atoms with Crippen LogP contribution in [-0.2, 0) is 0 Å². The molecular formula is C18H25N3O. The van der Waals surface area contributed by atoms with Crippen LogP contribution in [0.2, 0.25) is 0 Å². The van der Waals surface area contributed by atoms with Crippen LogP contribution in [0.5, 0.6) is 5.88 Å². The number of rotatable bonds is 5. The van der Waals surface area contributed by atoms with Gasteiger partial charge in [0, 0.05) is 34.7 Å². The minimum Gasteiger partial charge on any atom is -0.476 e. The van der Waals surface area contributed by atoms with E-state index < -0.39 is 0 Å². The highest BCUT2D eigenvalue weighted by Gasteiger charge is 2.16. The lowest BCUT2D eigenvalue weighted by Crippen LogP contribution is -2.28. The molecule has 2 N–H and O–H groups in total. The van der Waals surface area contributed by atoms with Crippen molar-refractivity contribution in [3.05, 3.63) is 30.0 Å². The molecule has 0 spiro atoms. The van der Waals surface area contributed by atoms with E-state index in [4.69, 9.17) is 4.74 Å². The molecule has 1 aliphatic rings. The van der Waals surface area contributed by atoms with Crippen LogP contribution in [0.4, 0.5) is 5.69 Å². The minimum absolute atomic E-state index is 0.394. The van der Waals surface area contributed by atoms with E-state index in [1.54, 1.807) is 0 Å². The van der Waals surface area contributed by atoms with Gasteiger partial charge in [-0.25, -0.2) is 4.98 Å². The van der Waals surface area contributed by atoms with Gasteiger partial charge in [-0.3, -0.25) is 0 Å². The van der Waals surface area contributed by atoms with Crippen molar-refractivity contribution in [1.82, 2.24) is 10.3 Å². The summed E-state index contributed by atoms with van der Waals surface area (Å²) in [7, 11) is 0. The van der Waals surface area contributed by atoms with Crippen LogP contribution in [0.15, 0.2) is 24.4 Å². The molecule has 0 amide bonds. The highest BCUT2D eigenvalue weighted by molar-refractivity contribution is 5.99. The van der Waals surface area contributed by atoms with Crippen LogP contribution in [0.1, 0.15) is 32.3 Å². The number of hydrogen-bond donors (Lipinski definition) is 2. The average Bonchev–Trinajstić information content (AvgIpc) is 2.99. The van der Waals surface area contributed by atoms with Crippen LogP contribution < -0.4 is 15.4 Å². The normalized spacial score (nSPS) is 18.1. The lowest BCUT2D eigenvalue weighted by molar-refractivity contribution is 0.271. The predicted octanol–water partition coefficient (Wildman–Crippen LogP) is 3.49. The van der Waals surface area contributed by atoms with Crippen LogP contribution in [-0.4, -0.2) is 30.2 Å². The number of nitrogens with one attached hydrogen (secondary N) is 2. The van der Waals surface area contributed by atoms with Gasteiger partial charge >= 0.3 is 0 Å². The largest absolute Gasteiger partial charge is 0.476 e. The Morgan fingerprint density at radius 2 is 2.27 bits per heavy atom. The number of hydrogen-bond acceptors (Lipinski definition) is 4. The lowest BCUT2D eigenvalue weighted by Gasteiger charge is -2.17. The van der Waals surface area contributed by atoms with E-state index in [-0.39, 0.29) is 0 Å². The summed E-state index contributed by atoms with van der Waals surface area (Å²) in [5.41, 5.74) is 2.32. The van der Waals surface area contributed by atoms with E-state index in [2.05, 4.69) is 54.6 Å². The van der Waals surface area contributed by atoms with E-state index in [9.17, 15) is 0 Å². The summed E-state index contributed by atoms with van der Waals surface area (Å²) in [6, 6.07) is 7.13. The fourth-order valence-corrected chi connectivity index (χ4v) is 3.07. The molecule has 2 heterocycles. The van der Waals surface area contributed by atoms with Crippen molar-refractivity contribution in [1.29, 1.82) is 0 Å². The third-order valence-electron chi connectivity index (χ3n) is 4.09. The van der Waals surface area contributed by atoms with Crippen molar-refractivity contribution < 1.29 is 4.74 Å². The Kier molecular flexibility index (Phi) is 4.48. The SMILES string of the molecule is Cc1cnc(OCC2CCCN2)c2cccc(NC(C)C)c12. The first-order valence-corrected chi connectivity index (χ1v) is 8.16. The zero-order valence-corrected chi connectivity index (χ0v) is 13.6. The Bertz CT molecular complexity index is 648. The van der Waals surface area contributed by atoms with Gasteiger partial charge in [0.25, 0.3) is 0 Å². The zero-order valence-electron chi connectivity index (χ0n) is 13.6. The van der Waals surface area contributed by atoms with Crippen LogP contribution in [0, 0.1) is 6.92 Å². The lowest BCUT2D eigenvalue weighted by atomic mass is 10.1. The summed E-state index contributed by atoms with van der Waals surface area (Å²) in [5.74, 6) is 0.738. The van der Waals surface area contributed by atoms with Crippen molar-refractivity contribution in [3.8, 4) is 5.88 Å². The third-order valence-corrected chi connectivity index (χ3v) is 4.09. The Hall–Kier alpha value is -1.81. The molecule has 1 aromatic heterocycles. The van der Waals surface area contributed by atoms with Gasteiger partial charge in [0.1, 0.15) is 6.61 Å². The summed E-state index contributed by atoms with van der Waals surface area (Å²) >= 11 is 0. The number of aromatic nitrogens is 1. The fraction of sp³-hybridized carbons (Fsp3) is 0.500. The molecule has 2 aromatic rings. The van der Waals surface area contributed by atoms with Gasteiger partial charge in [-0.05, 0) is 57.9 Å². The van der Waals surface area contributed by atoms with Crippen molar-refractivity contribution in [2.75, 3.05) is 18.5 Å². The maximum atomic E-state index is 6.02. The predicted molar refractivity (Wildman–Crippen MR) is 91.8 cm³/mol. The number of fused-ring (bicyclic) bond motifs is 1. The first-order chi connectivity index (χ1) is 10.6. The maximum Gasteiger partial charge on any atom is 0.221 e. The van der Waals surface area contributed by atoms with Crippen molar-refractivity contribution in [2.45, 2.75) is 45.7 Å². The highest BCUT2D eigenvalue weighted by Crippen LogP contribution is 2.32. The van der Waals surface area contributed by atoms with E-state index in [1.165, 1.54) is 23.8 Å². The monoisotopic (exact) mass is 299 g/mol. The molecule has 1 atom stereocenters. The summed E-state index contributed by atoms with van der Waals surface area (Å²) in [4.78, 5) is 4.51. The molecule has 4 nitrogen and oxygen atoms in total. The van der Waals surface area contributed by atoms with Gasteiger partial charge < -0.3 is 15.4 Å². The number of ether oxygens (including phenoxy) is 1. The van der Waals surface area contributed by atoms with E-state index >= 15 is 0 Å². The molecule has 1 saturated heterocycles. The van der Waals surface area contributed by atoms with Gasteiger partial charge in [-0.1, -0.05) is 6.07 Å². The van der Waals surface area contributed by atoms with Crippen molar-refractivity contribution in [2.24, 2.45) is 0 Å². The molecule has 118 valence electrons. The molecule has 1 fully saturated rings. The molecule has 0 bridgehead atoms. The van der Waals surface area contributed by atoms with Crippen LogP contribution >= 0.6 is 0 Å². The smallest absolute Gasteiger partial charge is 0.221 e. The molecule has 3 rings (SSSR count). The summed E-state index contributed by atoms with van der Waals surface area (Å²) in [6.07, 6.45) is 4.33. The van der Waals surface area contributed by atoms with Gasteiger partial charge in [0.2, 0.25) is 5.88 Å².